The molecule has 0 aliphatic carbocycles. The van der Waals surface area contributed by atoms with Gasteiger partial charge in [-0.05, 0) is 23.6 Å². The maximum absolute atomic E-state index is 11.8. The molecule has 17 heavy (non-hydrogen) atoms. The van der Waals surface area contributed by atoms with Crippen LogP contribution in [0.3, 0.4) is 0 Å². The molecule has 0 saturated carbocycles. The number of thiophene rings is 1. The van der Waals surface area contributed by atoms with E-state index in [1.165, 1.54) is 17.4 Å². The SMILES string of the molecule is O=C(Nc1ccccc1C(=O)O)c1cccs1. The predicted molar refractivity (Wildman–Crippen MR) is 65.7 cm³/mol. The highest BCUT2D eigenvalue weighted by Crippen LogP contribution is 2.17. The van der Waals surface area contributed by atoms with Crippen LogP contribution in [0.4, 0.5) is 5.69 Å². The number of anilines is 1. The van der Waals surface area contributed by atoms with Gasteiger partial charge in [0.05, 0.1) is 16.1 Å². The third-order valence-electron chi connectivity index (χ3n) is 2.15. The van der Waals surface area contributed by atoms with E-state index in [-0.39, 0.29) is 11.5 Å². The summed E-state index contributed by atoms with van der Waals surface area (Å²) < 4.78 is 0. The standard InChI is InChI=1S/C12H9NO3S/c14-11(10-6-3-7-17-10)13-9-5-2-1-4-8(9)12(15)16/h1-7H,(H,13,14)(H,15,16). The molecule has 1 aromatic heterocycles. The average Bonchev–Trinajstić information content (AvgIpc) is 2.83. The van der Waals surface area contributed by atoms with Crippen molar-refractivity contribution in [1.29, 1.82) is 0 Å². The molecule has 0 radical (unpaired) electrons. The first-order valence-corrected chi connectivity index (χ1v) is 5.73. The Morgan fingerprint density at radius 3 is 2.53 bits per heavy atom. The molecule has 0 aliphatic heterocycles. The van der Waals surface area contributed by atoms with Crippen LogP contribution < -0.4 is 5.32 Å². The molecule has 0 aliphatic rings. The van der Waals surface area contributed by atoms with Crippen LogP contribution in [0.15, 0.2) is 41.8 Å². The maximum Gasteiger partial charge on any atom is 0.337 e. The summed E-state index contributed by atoms with van der Waals surface area (Å²) in [6, 6.07) is 9.76. The number of carbonyl (C=O) groups is 2. The second-order valence-corrected chi connectivity index (χ2v) is 4.23. The Bertz CT molecular complexity index is 549. The van der Waals surface area contributed by atoms with Gasteiger partial charge in [0.1, 0.15) is 0 Å². The van der Waals surface area contributed by atoms with E-state index >= 15 is 0 Å². The lowest BCUT2D eigenvalue weighted by atomic mass is 10.2. The van der Waals surface area contributed by atoms with Gasteiger partial charge in [-0.25, -0.2) is 4.79 Å². The number of benzene rings is 1. The number of amides is 1. The number of hydrogen-bond acceptors (Lipinski definition) is 3. The molecule has 4 nitrogen and oxygen atoms in total. The van der Waals surface area contributed by atoms with Gasteiger partial charge in [-0.1, -0.05) is 18.2 Å². The van der Waals surface area contributed by atoms with E-state index in [1.54, 1.807) is 35.7 Å². The van der Waals surface area contributed by atoms with Gasteiger partial charge in [-0.3, -0.25) is 4.79 Å². The number of carboxylic acid groups (broad SMARTS) is 1. The Kier molecular flexibility index (Phi) is 3.20. The van der Waals surface area contributed by atoms with Crippen LogP contribution in [0.25, 0.3) is 0 Å². The first-order valence-electron chi connectivity index (χ1n) is 4.85. The minimum absolute atomic E-state index is 0.0809. The van der Waals surface area contributed by atoms with Crippen LogP contribution in [0, 0.1) is 0 Å². The number of nitrogens with one attached hydrogen (secondary N) is 1. The summed E-state index contributed by atoms with van der Waals surface area (Å²) in [6.45, 7) is 0. The molecular formula is C12H9NO3S. The minimum atomic E-state index is -1.06. The van der Waals surface area contributed by atoms with E-state index in [2.05, 4.69) is 5.32 Å². The lowest BCUT2D eigenvalue weighted by Gasteiger charge is -2.06. The molecule has 0 bridgehead atoms. The third-order valence-corrected chi connectivity index (χ3v) is 3.02. The van der Waals surface area contributed by atoms with Gasteiger partial charge < -0.3 is 10.4 Å². The van der Waals surface area contributed by atoms with Crippen molar-refractivity contribution in [3.63, 3.8) is 0 Å². The number of hydrogen-bond donors (Lipinski definition) is 2. The fraction of sp³-hybridized carbons (Fsp3) is 0. The molecule has 0 saturated heterocycles. The van der Waals surface area contributed by atoms with Crippen LogP contribution in [-0.4, -0.2) is 17.0 Å². The van der Waals surface area contributed by atoms with Crippen molar-refractivity contribution in [1.82, 2.24) is 0 Å². The van der Waals surface area contributed by atoms with E-state index in [1.807, 2.05) is 0 Å². The zero-order valence-corrected chi connectivity index (χ0v) is 9.53. The summed E-state index contributed by atoms with van der Waals surface area (Å²) in [7, 11) is 0. The molecule has 1 aromatic carbocycles. The first-order chi connectivity index (χ1) is 8.18. The fourth-order valence-corrected chi connectivity index (χ4v) is 1.99. The Morgan fingerprint density at radius 2 is 1.88 bits per heavy atom. The van der Waals surface area contributed by atoms with Crippen LogP contribution in [0.1, 0.15) is 20.0 Å². The van der Waals surface area contributed by atoms with Crippen molar-refractivity contribution in [2.24, 2.45) is 0 Å². The predicted octanol–water partition coefficient (Wildman–Crippen LogP) is 2.70. The van der Waals surface area contributed by atoms with Crippen molar-refractivity contribution in [2.75, 3.05) is 5.32 Å². The summed E-state index contributed by atoms with van der Waals surface area (Å²) in [5, 5.41) is 13.3. The van der Waals surface area contributed by atoms with Crippen LogP contribution in [-0.2, 0) is 0 Å². The molecule has 1 amide bonds. The second kappa shape index (κ2) is 4.80. The summed E-state index contributed by atoms with van der Waals surface area (Å²) in [5.74, 6) is -1.36. The molecule has 0 spiro atoms. The Labute approximate surface area is 102 Å². The van der Waals surface area contributed by atoms with Crippen molar-refractivity contribution >= 4 is 28.9 Å². The van der Waals surface area contributed by atoms with Crippen LogP contribution in [0.2, 0.25) is 0 Å². The zero-order chi connectivity index (χ0) is 12.3. The Balaban J connectivity index is 2.25. The number of para-hydroxylation sites is 1. The highest BCUT2D eigenvalue weighted by Gasteiger charge is 2.12. The van der Waals surface area contributed by atoms with Gasteiger partial charge in [0.25, 0.3) is 5.91 Å². The number of carbonyl (C=O) groups excluding carboxylic acids is 1. The molecule has 0 unspecified atom stereocenters. The Morgan fingerprint density at radius 1 is 1.12 bits per heavy atom. The van der Waals surface area contributed by atoms with Gasteiger partial charge >= 0.3 is 5.97 Å². The number of aromatic carboxylic acids is 1. The van der Waals surface area contributed by atoms with E-state index in [0.29, 0.717) is 10.6 Å². The molecular weight excluding hydrogens is 238 g/mol. The molecule has 0 fully saturated rings. The molecule has 2 rings (SSSR count). The lowest BCUT2D eigenvalue weighted by Crippen LogP contribution is -2.13. The molecule has 2 N–H and O–H groups in total. The average molecular weight is 247 g/mol. The van der Waals surface area contributed by atoms with Gasteiger partial charge in [0, 0.05) is 0 Å². The van der Waals surface area contributed by atoms with E-state index in [4.69, 9.17) is 5.11 Å². The van der Waals surface area contributed by atoms with Crippen molar-refractivity contribution < 1.29 is 14.7 Å². The third kappa shape index (κ3) is 2.51. The van der Waals surface area contributed by atoms with Gasteiger partial charge in [0.2, 0.25) is 0 Å². The molecule has 2 aromatic rings. The summed E-state index contributed by atoms with van der Waals surface area (Å²) >= 11 is 1.31. The summed E-state index contributed by atoms with van der Waals surface area (Å²) in [5.41, 5.74) is 0.385. The van der Waals surface area contributed by atoms with Gasteiger partial charge in [0.15, 0.2) is 0 Å². The monoisotopic (exact) mass is 247 g/mol. The van der Waals surface area contributed by atoms with E-state index in [0.717, 1.165) is 0 Å². The number of rotatable bonds is 3. The Hall–Kier alpha value is -2.14. The van der Waals surface area contributed by atoms with E-state index < -0.39 is 5.97 Å². The molecule has 0 atom stereocenters. The second-order valence-electron chi connectivity index (χ2n) is 3.28. The molecule has 86 valence electrons. The van der Waals surface area contributed by atoms with E-state index in [9.17, 15) is 9.59 Å². The van der Waals surface area contributed by atoms with Crippen molar-refractivity contribution in [3.8, 4) is 0 Å². The highest BCUT2D eigenvalue weighted by molar-refractivity contribution is 7.12. The molecule has 5 heteroatoms. The quantitative estimate of drug-likeness (QED) is 0.876. The molecule has 1 heterocycles. The normalized spacial score (nSPS) is 9.88. The van der Waals surface area contributed by atoms with Gasteiger partial charge in [-0.15, -0.1) is 11.3 Å². The number of carboxylic acids is 1. The van der Waals surface area contributed by atoms with Crippen LogP contribution >= 0.6 is 11.3 Å². The maximum atomic E-state index is 11.8. The summed E-state index contributed by atoms with van der Waals surface area (Å²) in [6.07, 6.45) is 0. The fourth-order valence-electron chi connectivity index (χ4n) is 1.37. The highest BCUT2D eigenvalue weighted by atomic mass is 32.1. The lowest BCUT2D eigenvalue weighted by molar-refractivity contribution is 0.0698. The van der Waals surface area contributed by atoms with Crippen LogP contribution in [0.5, 0.6) is 0 Å². The smallest absolute Gasteiger partial charge is 0.337 e. The first kappa shape index (κ1) is 11.3. The largest absolute Gasteiger partial charge is 0.478 e. The van der Waals surface area contributed by atoms with Crippen molar-refractivity contribution in [2.45, 2.75) is 0 Å². The topological polar surface area (TPSA) is 66.4 Å². The van der Waals surface area contributed by atoms with Crippen molar-refractivity contribution in [3.05, 3.63) is 52.2 Å². The zero-order valence-electron chi connectivity index (χ0n) is 8.71. The minimum Gasteiger partial charge on any atom is -0.478 e. The van der Waals surface area contributed by atoms with Gasteiger partial charge in [-0.2, -0.15) is 0 Å². The summed E-state index contributed by atoms with van der Waals surface area (Å²) in [4.78, 5) is 23.2.